The predicted molar refractivity (Wildman–Crippen MR) is 88.4 cm³/mol. The third kappa shape index (κ3) is 2.77. The van der Waals surface area contributed by atoms with Gasteiger partial charge < -0.3 is 10.3 Å². The first-order valence-corrected chi connectivity index (χ1v) is 7.47. The molecule has 0 unspecified atom stereocenters. The van der Waals surface area contributed by atoms with E-state index in [1.54, 1.807) is 0 Å². The van der Waals surface area contributed by atoms with E-state index in [0.29, 0.717) is 0 Å². The van der Waals surface area contributed by atoms with Crippen molar-refractivity contribution >= 4 is 16.7 Å². The number of anilines is 1. The Bertz CT molecular complexity index is 771. The molecule has 1 heterocycles. The number of aromatic nitrogens is 2. The molecule has 0 amide bonds. The average molecular weight is 279 g/mol. The zero-order valence-corrected chi connectivity index (χ0v) is 12.6. The van der Waals surface area contributed by atoms with Crippen LogP contribution in [0.3, 0.4) is 0 Å². The van der Waals surface area contributed by atoms with Crippen molar-refractivity contribution in [2.45, 2.75) is 33.2 Å². The number of aryl methyl sites for hydroxylation is 4. The summed E-state index contributed by atoms with van der Waals surface area (Å²) in [7, 11) is 0. The number of hydrogen-bond acceptors (Lipinski definition) is 2. The molecule has 0 radical (unpaired) electrons. The zero-order valence-electron chi connectivity index (χ0n) is 12.6. The largest absolute Gasteiger partial charge is 0.399 e. The summed E-state index contributed by atoms with van der Waals surface area (Å²) in [4.78, 5) is 4.81. The molecular weight excluding hydrogens is 258 g/mol. The van der Waals surface area contributed by atoms with Crippen LogP contribution in [-0.2, 0) is 19.4 Å². The molecule has 3 aromatic rings. The minimum absolute atomic E-state index is 0.826. The first kappa shape index (κ1) is 13.7. The minimum atomic E-state index is 0.826. The molecule has 0 atom stereocenters. The van der Waals surface area contributed by atoms with E-state index in [-0.39, 0.29) is 0 Å². The number of nitrogen functional groups attached to an aromatic ring is 1. The van der Waals surface area contributed by atoms with Gasteiger partial charge in [0.25, 0.3) is 0 Å². The van der Waals surface area contributed by atoms with E-state index < -0.39 is 0 Å². The number of benzene rings is 2. The van der Waals surface area contributed by atoms with Gasteiger partial charge in [0.15, 0.2) is 0 Å². The van der Waals surface area contributed by atoms with Crippen molar-refractivity contribution in [2.75, 3.05) is 5.73 Å². The molecule has 3 rings (SSSR count). The third-order valence-electron chi connectivity index (χ3n) is 3.89. The van der Waals surface area contributed by atoms with Gasteiger partial charge in [-0.25, -0.2) is 4.98 Å². The molecule has 0 aliphatic rings. The number of fused-ring (bicyclic) bond motifs is 1. The maximum Gasteiger partial charge on any atom is 0.110 e. The smallest absolute Gasteiger partial charge is 0.110 e. The van der Waals surface area contributed by atoms with Gasteiger partial charge in [0.2, 0.25) is 0 Å². The van der Waals surface area contributed by atoms with Gasteiger partial charge >= 0.3 is 0 Å². The highest BCUT2D eigenvalue weighted by molar-refractivity contribution is 5.76. The quantitative estimate of drug-likeness (QED) is 0.739. The van der Waals surface area contributed by atoms with Crippen LogP contribution in [0.2, 0.25) is 0 Å². The normalized spacial score (nSPS) is 11.1. The Balaban J connectivity index is 1.89. The van der Waals surface area contributed by atoms with Crippen molar-refractivity contribution in [1.29, 1.82) is 0 Å². The Morgan fingerprint density at radius 3 is 2.71 bits per heavy atom. The fraction of sp³-hybridized carbons (Fsp3) is 0.278. The summed E-state index contributed by atoms with van der Waals surface area (Å²) in [5.41, 5.74) is 11.5. The van der Waals surface area contributed by atoms with E-state index in [0.717, 1.165) is 36.4 Å². The van der Waals surface area contributed by atoms with Crippen LogP contribution in [0.5, 0.6) is 0 Å². The lowest BCUT2D eigenvalue weighted by Crippen LogP contribution is -2.03. The van der Waals surface area contributed by atoms with E-state index in [2.05, 4.69) is 42.7 Å². The van der Waals surface area contributed by atoms with Crippen LogP contribution in [0.1, 0.15) is 23.9 Å². The van der Waals surface area contributed by atoms with E-state index >= 15 is 0 Å². The zero-order chi connectivity index (χ0) is 14.8. The lowest BCUT2D eigenvalue weighted by atomic mass is 10.1. The van der Waals surface area contributed by atoms with Crippen LogP contribution in [0.15, 0.2) is 42.5 Å². The molecule has 1 aromatic heterocycles. The van der Waals surface area contributed by atoms with Crippen molar-refractivity contribution in [3.63, 3.8) is 0 Å². The Morgan fingerprint density at radius 2 is 1.95 bits per heavy atom. The van der Waals surface area contributed by atoms with Crippen molar-refractivity contribution in [3.05, 3.63) is 59.4 Å². The summed E-state index contributed by atoms with van der Waals surface area (Å²) >= 11 is 0. The molecule has 3 heteroatoms. The first-order chi connectivity index (χ1) is 10.2. The molecule has 2 N–H and O–H groups in total. The fourth-order valence-corrected chi connectivity index (χ4v) is 2.84. The van der Waals surface area contributed by atoms with Gasteiger partial charge in [-0.1, -0.05) is 18.2 Å². The second-order valence-electron chi connectivity index (χ2n) is 5.51. The number of hydrogen-bond donors (Lipinski definition) is 1. The number of imidazole rings is 1. The van der Waals surface area contributed by atoms with Gasteiger partial charge in [0.05, 0.1) is 11.0 Å². The Hall–Kier alpha value is -2.29. The van der Waals surface area contributed by atoms with Gasteiger partial charge in [0, 0.05) is 18.7 Å². The SMILES string of the molecule is CCn1c(CCc2cccc(N)c2)nc2cc(C)ccc21. The van der Waals surface area contributed by atoms with Crippen molar-refractivity contribution < 1.29 is 0 Å². The summed E-state index contributed by atoms with van der Waals surface area (Å²) < 4.78 is 2.31. The van der Waals surface area contributed by atoms with Gasteiger partial charge in [-0.05, 0) is 55.7 Å². The van der Waals surface area contributed by atoms with Gasteiger partial charge in [-0.15, -0.1) is 0 Å². The summed E-state index contributed by atoms with van der Waals surface area (Å²) in [6.45, 7) is 5.23. The summed E-state index contributed by atoms with van der Waals surface area (Å²) in [6.07, 6.45) is 1.90. The average Bonchev–Trinajstić information content (AvgIpc) is 2.81. The maximum atomic E-state index is 5.84. The number of nitrogens with zero attached hydrogens (tertiary/aromatic N) is 2. The molecule has 0 saturated carbocycles. The summed E-state index contributed by atoms with van der Waals surface area (Å²) in [5.74, 6) is 1.15. The molecule has 21 heavy (non-hydrogen) atoms. The fourth-order valence-electron chi connectivity index (χ4n) is 2.84. The van der Waals surface area contributed by atoms with E-state index in [1.807, 2.05) is 18.2 Å². The van der Waals surface area contributed by atoms with Crippen LogP contribution in [0.4, 0.5) is 5.69 Å². The molecule has 0 fully saturated rings. The van der Waals surface area contributed by atoms with E-state index in [9.17, 15) is 0 Å². The standard InChI is InChI=1S/C18H21N3/c1-3-21-17-9-7-13(2)11-16(17)20-18(21)10-8-14-5-4-6-15(19)12-14/h4-7,9,11-12H,3,8,10,19H2,1-2H3. The molecule has 0 saturated heterocycles. The predicted octanol–water partition coefficient (Wildman–Crippen LogP) is 3.73. The Labute approximate surface area is 125 Å². The third-order valence-corrected chi connectivity index (χ3v) is 3.89. The van der Waals surface area contributed by atoms with Crippen LogP contribution in [0.25, 0.3) is 11.0 Å². The van der Waals surface area contributed by atoms with Gasteiger partial charge in [-0.2, -0.15) is 0 Å². The monoisotopic (exact) mass is 279 g/mol. The van der Waals surface area contributed by atoms with Crippen LogP contribution in [-0.4, -0.2) is 9.55 Å². The second kappa shape index (κ2) is 5.60. The van der Waals surface area contributed by atoms with Crippen LogP contribution in [0, 0.1) is 6.92 Å². The molecule has 0 aliphatic heterocycles. The lowest BCUT2D eigenvalue weighted by molar-refractivity contribution is 0.707. The maximum absolute atomic E-state index is 5.84. The Morgan fingerprint density at radius 1 is 1.10 bits per heavy atom. The highest BCUT2D eigenvalue weighted by Gasteiger charge is 2.09. The molecular formula is C18H21N3. The summed E-state index contributed by atoms with van der Waals surface area (Å²) in [6, 6.07) is 14.6. The topological polar surface area (TPSA) is 43.8 Å². The van der Waals surface area contributed by atoms with Crippen LogP contribution >= 0.6 is 0 Å². The van der Waals surface area contributed by atoms with Crippen LogP contribution < -0.4 is 5.73 Å². The minimum Gasteiger partial charge on any atom is -0.399 e. The second-order valence-corrected chi connectivity index (χ2v) is 5.51. The van der Waals surface area contributed by atoms with Gasteiger partial charge in [0.1, 0.15) is 5.82 Å². The molecule has 0 aliphatic carbocycles. The first-order valence-electron chi connectivity index (χ1n) is 7.47. The number of nitrogens with two attached hydrogens (primary N) is 1. The molecule has 108 valence electrons. The van der Waals surface area contributed by atoms with Crippen molar-refractivity contribution in [3.8, 4) is 0 Å². The van der Waals surface area contributed by atoms with E-state index in [1.165, 1.54) is 16.6 Å². The van der Waals surface area contributed by atoms with Crippen molar-refractivity contribution in [2.24, 2.45) is 0 Å². The Kier molecular flexibility index (Phi) is 3.65. The van der Waals surface area contributed by atoms with Gasteiger partial charge in [-0.3, -0.25) is 0 Å². The molecule has 0 bridgehead atoms. The highest BCUT2D eigenvalue weighted by atomic mass is 15.1. The summed E-state index contributed by atoms with van der Waals surface area (Å²) in [5, 5.41) is 0. The number of rotatable bonds is 4. The molecule has 2 aromatic carbocycles. The molecule has 3 nitrogen and oxygen atoms in total. The molecule has 0 spiro atoms. The highest BCUT2D eigenvalue weighted by Crippen LogP contribution is 2.19. The van der Waals surface area contributed by atoms with Crippen molar-refractivity contribution in [1.82, 2.24) is 9.55 Å². The lowest BCUT2D eigenvalue weighted by Gasteiger charge is -2.06. The van der Waals surface area contributed by atoms with E-state index in [4.69, 9.17) is 10.7 Å².